The molecule has 4 nitrogen and oxygen atoms in total. The fourth-order valence-electron chi connectivity index (χ4n) is 1.13. The Morgan fingerprint density at radius 3 is 2.85 bits per heavy atom. The monoisotopic (exact) mass is 246 g/mol. The highest BCUT2D eigenvalue weighted by molar-refractivity contribution is 9.09. The first-order valence-electron chi connectivity index (χ1n) is 4.39. The van der Waals surface area contributed by atoms with Crippen LogP contribution in [0, 0.1) is 0 Å². The Bertz CT molecular complexity index is 248. The first-order chi connectivity index (χ1) is 6.27. The Hall–Kier alpha value is -0.420. The second-order valence-corrected chi connectivity index (χ2v) is 3.65. The number of rotatable bonds is 5. The molecule has 1 aromatic rings. The Morgan fingerprint density at radius 2 is 2.38 bits per heavy atom. The van der Waals surface area contributed by atoms with Crippen LogP contribution in [-0.2, 0) is 13.6 Å². The van der Waals surface area contributed by atoms with E-state index in [1.165, 1.54) is 0 Å². The van der Waals surface area contributed by atoms with E-state index in [0.29, 0.717) is 0 Å². The Morgan fingerprint density at radius 1 is 1.62 bits per heavy atom. The molecule has 1 rings (SSSR count). The first-order valence-corrected chi connectivity index (χ1v) is 5.51. The maximum atomic E-state index is 4.18. The van der Waals surface area contributed by atoms with Gasteiger partial charge in [0.15, 0.2) is 0 Å². The lowest BCUT2D eigenvalue weighted by Crippen LogP contribution is -2.26. The van der Waals surface area contributed by atoms with Crippen LogP contribution in [0.1, 0.15) is 12.7 Å². The van der Waals surface area contributed by atoms with Crippen molar-refractivity contribution in [2.75, 3.05) is 18.4 Å². The minimum Gasteiger partial charge on any atom is -0.295 e. The molecule has 0 saturated heterocycles. The minimum absolute atomic E-state index is 0.874. The maximum absolute atomic E-state index is 4.18. The summed E-state index contributed by atoms with van der Waals surface area (Å²) in [6.45, 7) is 5.11. The van der Waals surface area contributed by atoms with Gasteiger partial charge in [-0.15, -0.1) is 0 Å². The third-order valence-corrected chi connectivity index (χ3v) is 2.37. The Balaban J connectivity index is 2.51. The standard InChI is InChI=1S/C8H15BrN4/c1-3-13(5-4-9)6-8-10-7-11-12(8)2/h7H,3-6H2,1-2H3. The molecule has 1 heterocycles. The Labute approximate surface area is 87.1 Å². The summed E-state index contributed by atoms with van der Waals surface area (Å²) in [5, 5.41) is 5.03. The predicted molar refractivity (Wildman–Crippen MR) is 55.7 cm³/mol. The van der Waals surface area contributed by atoms with E-state index < -0.39 is 0 Å². The van der Waals surface area contributed by atoms with Gasteiger partial charge < -0.3 is 0 Å². The van der Waals surface area contributed by atoms with Gasteiger partial charge in [-0.3, -0.25) is 9.58 Å². The van der Waals surface area contributed by atoms with Crippen molar-refractivity contribution in [1.29, 1.82) is 0 Å². The van der Waals surface area contributed by atoms with Gasteiger partial charge in [0.25, 0.3) is 0 Å². The van der Waals surface area contributed by atoms with E-state index in [1.807, 2.05) is 11.7 Å². The van der Waals surface area contributed by atoms with Crippen molar-refractivity contribution in [2.45, 2.75) is 13.5 Å². The van der Waals surface area contributed by atoms with Crippen LogP contribution < -0.4 is 0 Å². The smallest absolute Gasteiger partial charge is 0.140 e. The lowest BCUT2D eigenvalue weighted by atomic mass is 10.4. The fraction of sp³-hybridized carbons (Fsp3) is 0.750. The zero-order chi connectivity index (χ0) is 9.68. The molecule has 0 unspecified atom stereocenters. The molecule has 0 aliphatic carbocycles. The zero-order valence-corrected chi connectivity index (χ0v) is 9.66. The number of nitrogens with zero attached hydrogens (tertiary/aromatic N) is 4. The van der Waals surface area contributed by atoms with Gasteiger partial charge in [-0.2, -0.15) is 5.10 Å². The van der Waals surface area contributed by atoms with Crippen LogP contribution in [0.4, 0.5) is 0 Å². The number of aryl methyl sites for hydroxylation is 1. The van der Waals surface area contributed by atoms with Gasteiger partial charge in [0.1, 0.15) is 12.2 Å². The molecule has 5 heteroatoms. The van der Waals surface area contributed by atoms with E-state index in [4.69, 9.17) is 0 Å². The summed E-state index contributed by atoms with van der Waals surface area (Å²) in [6, 6.07) is 0. The number of hydrogen-bond donors (Lipinski definition) is 0. The summed E-state index contributed by atoms with van der Waals surface area (Å²) in [5.41, 5.74) is 0. The van der Waals surface area contributed by atoms with Gasteiger partial charge in [0, 0.05) is 18.9 Å². The van der Waals surface area contributed by atoms with E-state index in [9.17, 15) is 0 Å². The van der Waals surface area contributed by atoms with E-state index in [0.717, 1.165) is 30.8 Å². The first kappa shape index (κ1) is 10.7. The van der Waals surface area contributed by atoms with E-state index in [1.54, 1.807) is 6.33 Å². The van der Waals surface area contributed by atoms with Crippen LogP contribution in [0.3, 0.4) is 0 Å². The lowest BCUT2D eigenvalue weighted by Gasteiger charge is -2.17. The minimum atomic E-state index is 0.874. The van der Waals surface area contributed by atoms with Crippen molar-refractivity contribution < 1.29 is 0 Å². The molecule has 74 valence electrons. The summed E-state index contributed by atoms with van der Waals surface area (Å²) in [5.74, 6) is 1.02. The van der Waals surface area contributed by atoms with Gasteiger partial charge in [0.05, 0.1) is 6.54 Å². The van der Waals surface area contributed by atoms with Gasteiger partial charge >= 0.3 is 0 Å². The highest BCUT2D eigenvalue weighted by Crippen LogP contribution is 1.99. The van der Waals surface area contributed by atoms with Crippen molar-refractivity contribution in [3.05, 3.63) is 12.2 Å². The molecule has 0 bridgehead atoms. The molecule has 0 amide bonds. The molecule has 0 aromatic carbocycles. The molecule has 0 aliphatic heterocycles. The molecule has 0 aliphatic rings. The van der Waals surface area contributed by atoms with Gasteiger partial charge in [0.2, 0.25) is 0 Å². The van der Waals surface area contributed by atoms with Crippen molar-refractivity contribution in [1.82, 2.24) is 19.7 Å². The van der Waals surface area contributed by atoms with Crippen molar-refractivity contribution >= 4 is 15.9 Å². The molecular weight excluding hydrogens is 232 g/mol. The molecular formula is C8H15BrN4. The zero-order valence-electron chi connectivity index (χ0n) is 8.07. The van der Waals surface area contributed by atoms with Gasteiger partial charge in [-0.05, 0) is 6.54 Å². The van der Waals surface area contributed by atoms with Gasteiger partial charge in [-0.1, -0.05) is 22.9 Å². The molecule has 0 spiro atoms. The second-order valence-electron chi connectivity index (χ2n) is 2.86. The van der Waals surface area contributed by atoms with Crippen LogP contribution in [0.15, 0.2) is 6.33 Å². The third kappa shape index (κ3) is 3.08. The van der Waals surface area contributed by atoms with E-state index in [-0.39, 0.29) is 0 Å². The van der Waals surface area contributed by atoms with Crippen LogP contribution >= 0.6 is 15.9 Å². The molecule has 0 atom stereocenters. The summed E-state index contributed by atoms with van der Waals surface area (Å²) < 4.78 is 1.82. The number of halogens is 1. The van der Waals surface area contributed by atoms with Crippen LogP contribution in [0.5, 0.6) is 0 Å². The van der Waals surface area contributed by atoms with Crippen LogP contribution in [-0.4, -0.2) is 38.1 Å². The summed E-state index contributed by atoms with van der Waals surface area (Å²) >= 11 is 3.43. The fourth-order valence-corrected chi connectivity index (χ4v) is 1.63. The average Bonchev–Trinajstić information content (AvgIpc) is 2.51. The molecule has 0 fully saturated rings. The number of aromatic nitrogens is 3. The summed E-state index contributed by atoms with van der Waals surface area (Å²) in [7, 11) is 1.92. The highest BCUT2D eigenvalue weighted by Gasteiger charge is 2.06. The Kier molecular flexibility index (Phi) is 4.38. The van der Waals surface area contributed by atoms with Crippen molar-refractivity contribution in [2.24, 2.45) is 7.05 Å². The third-order valence-electron chi connectivity index (χ3n) is 2.02. The predicted octanol–water partition coefficient (Wildman–Crippen LogP) is 1.03. The highest BCUT2D eigenvalue weighted by atomic mass is 79.9. The SMILES string of the molecule is CCN(CCBr)Cc1ncnn1C. The van der Waals surface area contributed by atoms with Crippen molar-refractivity contribution in [3.8, 4) is 0 Å². The normalized spacial score (nSPS) is 11.1. The maximum Gasteiger partial charge on any atom is 0.140 e. The molecule has 1 aromatic heterocycles. The van der Waals surface area contributed by atoms with E-state index >= 15 is 0 Å². The number of alkyl halides is 1. The topological polar surface area (TPSA) is 34.0 Å². The van der Waals surface area contributed by atoms with Crippen LogP contribution in [0.25, 0.3) is 0 Å². The largest absolute Gasteiger partial charge is 0.295 e. The quantitative estimate of drug-likeness (QED) is 0.729. The van der Waals surface area contributed by atoms with Gasteiger partial charge in [-0.25, -0.2) is 4.98 Å². The second kappa shape index (κ2) is 5.34. The van der Waals surface area contributed by atoms with Crippen LogP contribution in [0.2, 0.25) is 0 Å². The summed E-state index contributed by atoms with van der Waals surface area (Å²) in [6.07, 6.45) is 1.59. The molecule has 0 N–H and O–H groups in total. The van der Waals surface area contributed by atoms with Crippen molar-refractivity contribution in [3.63, 3.8) is 0 Å². The molecule has 0 saturated carbocycles. The molecule has 0 radical (unpaired) electrons. The number of hydrogen-bond acceptors (Lipinski definition) is 3. The lowest BCUT2D eigenvalue weighted by molar-refractivity contribution is 0.287. The summed E-state index contributed by atoms with van der Waals surface area (Å²) in [4.78, 5) is 6.50. The average molecular weight is 247 g/mol. The molecule has 13 heavy (non-hydrogen) atoms. The van der Waals surface area contributed by atoms with E-state index in [2.05, 4.69) is 37.8 Å².